The molecule has 0 bridgehead atoms. The third-order valence-corrected chi connectivity index (χ3v) is 4.90. The van der Waals surface area contributed by atoms with Crippen molar-refractivity contribution in [1.82, 2.24) is 4.98 Å². The van der Waals surface area contributed by atoms with Crippen molar-refractivity contribution in [2.75, 3.05) is 17.3 Å². The molecule has 0 amide bonds. The number of fused-ring (bicyclic) bond motifs is 1. The van der Waals surface area contributed by atoms with Crippen LogP contribution >= 0.6 is 11.8 Å². The summed E-state index contributed by atoms with van der Waals surface area (Å²) in [4.78, 5) is 4.47. The number of aromatic nitrogens is 1. The minimum Gasteiger partial charge on any atom is -0.424 e. The van der Waals surface area contributed by atoms with Gasteiger partial charge in [0.15, 0.2) is 5.58 Å². The van der Waals surface area contributed by atoms with Crippen LogP contribution in [0.2, 0.25) is 0 Å². The number of rotatable bonds is 3. The number of nitrogens with zero attached hydrogens (tertiary/aromatic N) is 1. The van der Waals surface area contributed by atoms with Gasteiger partial charge in [0.1, 0.15) is 5.52 Å². The highest BCUT2D eigenvalue weighted by Crippen LogP contribution is 2.30. The van der Waals surface area contributed by atoms with E-state index in [1.54, 1.807) is 0 Å². The van der Waals surface area contributed by atoms with E-state index in [9.17, 15) is 0 Å². The zero-order chi connectivity index (χ0) is 13.2. The van der Waals surface area contributed by atoms with Gasteiger partial charge < -0.3 is 15.5 Å². The van der Waals surface area contributed by atoms with Crippen LogP contribution in [0.4, 0.5) is 11.7 Å². The molecule has 2 atom stereocenters. The molecule has 1 heterocycles. The Balaban J connectivity index is 1.80. The summed E-state index contributed by atoms with van der Waals surface area (Å²) in [6.45, 7) is 0. The van der Waals surface area contributed by atoms with E-state index < -0.39 is 0 Å². The van der Waals surface area contributed by atoms with E-state index in [0.29, 0.717) is 23.0 Å². The third kappa shape index (κ3) is 2.66. The monoisotopic (exact) mass is 277 g/mol. The maximum absolute atomic E-state index is 5.76. The van der Waals surface area contributed by atoms with Gasteiger partial charge in [0.25, 0.3) is 6.01 Å². The maximum Gasteiger partial charge on any atom is 0.295 e. The molecule has 1 aromatic heterocycles. The van der Waals surface area contributed by atoms with Gasteiger partial charge in [-0.05, 0) is 37.3 Å². The first kappa shape index (κ1) is 12.7. The summed E-state index contributed by atoms with van der Waals surface area (Å²) in [7, 11) is 0. The smallest absolute Gasteiger partial charge is 0.295 e. The minimum absolute atomic E-state index is 0.453. The van der Waals surface area contributed by atoms with Gasteiger partial charge in [0, 0.05) is 17.0 Å². The van der Waals surface area contributed by atoms with Crippen LogP contribution in [-0.4, -0.2) is 22.5 Å². The average molecular weight is 277 g/mol. The number of anilines is 2. The van der Waals surface area contributed by atoms with E-state index in [1.165, 1.54) is 25.7 Å². The van der Waals surface area contributed by atoms with Crippen molar-refractivity contribution in [1.29, 1.82) is 0 Å². The molecular formula is C14H19N3OS. The van der Waals surface area contributed by atoms with E-state index in [1.807, 2.05) is 30.0 Å². The van der Waals surface area contributed by atoms with E-state index in [2.05, 4.69) is 16.6 Å². The number of nitrogens with two attached hydrogens (primary N) is 1. The van der Waals surface area contributed by atoms with Crippen LogP contribution in [0.25, 0.3) is 11.1 Å². The summed E-state index contributed by atoms with van der Waals surface area (Å²) in [5.74, 6) is 0. The van der Waals surface area contributed by atoms with Crippen molar-refractivity contribution in [3.05, 3.63) is 18.2 Å². The van der Waals surface area contributed by atoms with Gasteiger partial charge >= 0.3 is 0 Å². The van der Waals surface area contributed by atoms with Crippen molar-refractivity contribution in [2.45, 2.75) is 37.0 Å². The molecule has 19 heavy (non-hydrogen) atoms. The Morgan fingerprint density at radius 1 is 1.37 bits per heavy atom. The highest BCUT2D eigenvalue weighted by atomic mass is 32.2. The molecule has 1 aliphatic carbocycles. The summed E-state index contributed by atoms with van der Waals surface area (Å²) in [5.41, 5.74) is 8.07. The number of benzene rings is 1. The Kier molecular flexibility index (Phi) is 3.55. The number of nitrogens with one attached hydrogen (secondary N) is 1. The lowest BCUT2D eigenvalue weighted by atomic mass is 9.95. The third-order valence-electron chi connectivity index (χ3n) is 3.73. The minimum atomic E-state index is 0.453. The van der Waals surface area contributed by atoms with Crippen LogP contribution in [0.5, 0.6) is 0 Å². The van der Waals surface area contributed by atoms with E-state index in [0.717, 1.165) is 11.1 Å². The summed E-state index contributed by atoms with van der Waals surface area (Å²) < 4.78 is 5.73. The fraction of sp³-hybridized carbons (Fsp3) is 0.500. The number of nitrogen functional groups attached to an aromatic ring is 1. The summed E-state index contributed by atoms with van der Waals surface area (Å²) in [5, 5.41) is 4.10. The Hall–Kier alpha value is -1.36. The van der Waals surface area contributed by atoms with E-state index in [-0.39, 0.29) is 0 Å². The first-order chi connectivity index (χ1) is 9.26. The quantitative estimate of drug-likeness (QED) is 0.841. The second-order valence-corrected chi connectivity index (χ2v) is 6.13. The molecule has 1 fully saturated rings. The van der Waals surface area contributed by atoms with Gasteiger partial charge in [-0.2, -0.15) is 16.7 Å². The van der Waals surface area contributed by atoms with Gasteiger partial charge in [0.2, 0.25) is 0 Å². The number of hydrogen-bond acceptors (Lipinski definition) is 5. The molecule has 1 aromatic carbocycles. The van der Waals surface area contributed by atoms with Crippen molar-refractivity contribution in [3.63, 3.8) is 0 Å². The van der Waals surface area contributed by atoms with Crippen LogP contribution in [0.3, 0.4) is 0 Å². The van der Waals surface area contributed by atoms with Gasteiger partial charge in [-0.1, -0.05) is 12.8 Å². The zero-order valence-electron chi connectivity index (χ0n) is 11.1. The fourth-order valence-corrected chi connectivity index (χ4v) is 3.64. The number of hydrogen-bond donors (Lipinski definition) is 2. The van der Waals surface area contributed by atoms with Crippen LogP contribution in [-0.2, 0) is 0 Å². The molecule has 0 radical (unpaired) electrons. The van der Waals surface area contributed by atoms with Gasteiger partial charge in [-0.25, -0.2) is 0 Å². The lowest BCUT2D eigenvalue weighted by molar-refractivity contribution is 0.462. The van der Waals surface area contributed by atoms with E-state index >= 15 is 0 Å². The molecule has 2 unspecified atom stereocenters. The highest BCUT2D eigenvalue weighted by molar-refractivity contribution is 7.99. The van der Waals surface area contributed by atoms with Gasteiger partial charge in [-0.15, -0.1) is 0 Å². The molecule has 0 spiro atoms. The normalized spacial score (nSPS) is 23.6. The molecule has 1 saturated carbocycles. The molecule has 4 nitrogen and oxygen atoms in total. The molecule has 1 aliphatic rings. The molecule has 0 saturated heterocycles. The van der Waals surface area contributed by atoms with Crippen LogP contribution in [0, 0.1) is 0 Å². The number of thioether (sulfide) groups is 1. The zero-order valence-corrected chi connectivity index (χ0v) is 11.9. The summed E-state index contributed by atoms with van der Waals surface area (Å²) in [6, 6.07) is 6.62. The molecule has 102 valence electrons. The highest BCUT2D eigenvalue weighted by Gasteiger charge is 2.25. The Labute approximate surface area is 117 Å². The van der Waals surface area contributed by atoms with Crippen molar-refractivity contribution >= 4 is 34.6 Å². The van der Waals surface area contributed by atoms with Crippen molar-refractivity contribution in [3.8, 4) is 0 Å². The second kappa shape index (κ2) is 5.33. The number of oxazole rings is 1. The van der Waals surface area contributed by atoms with Gasteiger partial charge in [-0.3, -0.25) is 0 Å². The fourth-order valence-electron chi connectivity index (χ4n) is 2.71. The largest absolute Gasteiger partial charge is 0.424 e. The lowest BCUT2D eigenvalue weighted by Crippen LogP contribution is -2.34. The van der Waals surface area contributed by atoms with E-state index in [4.69, 9.17) is 10.2 Å². The SMILES string of the molecule is CSC1CCCCC1Nc1nc2cc(N)ccc2o1. The standard InChI is InChI=1S/C14H19N3OS/c1-19-13-5-3-2-4-10(13)16-14-17-11-8-9(15)6-7-12(11)18-14/h6-8,10,13H,2-5,15H2,1H3,(H,16,17). The lowest BCUT2D eigenvalue weighted by Gasteiger charge is -2.30. The second-order valence-electron chi connectivity index (χ2n) is 5.06. The maximum atomic E-state index is 5.76. The van der Waals surface area contributed by atoms with Crippen molar-refractivity contribution < 1.29 is 4.42 Å². The topological polar surface area (TPSA) is 64.1 Å². The summed E-state index contributed by atoms with van der Waals surface area (Å²) >= 11 is 1.93. The molecule has 2 aromatic rings. The molecule has 5 heteroatoms. The average Bonchev–Trinajstić information content (AvgIpc) is 2.80. The van der Waals surface area contributed by atoms with Crippen LogP contribution < -0.4 is 11.1 Å². The molecule has 3 rings (SSSR count). The van der Waals surface area contributed by atoms with Gasteiger partial charge in [0.05, 0.1) is 0 Å². The first-order valence-electron chi connectivity index (χ1n) is 6.71. The van der Waals surface area contributed by atoms with Crippen LogP contribution in [0.1, 0.15) is 25.7 Å². The first-order valence-corrected chi connectivity index (χ1v) is 8.00. The molecule has 0 aliphatic heterocycles. The molecule has 3 N–H and O–H groups in total. The Morgan fingerprint density at radius 3 is 3.05 bits per heavy atom. The Morgan fingerprint density at radius 2 is 2.21 bits per heavy atom. The molecular weight excluding hydrogens is 258 g/mol. The van der Waals surface area contributed by atoms with Crippen molar-refractivity contribution in [2.24, 2.45) is 0 Å². The van der Waals surface area contributed by atoms with Crippen LogP contribution in [0.15, 0.2) is 22.6 Å². The predicted molar refractivity (Wildman–Crippen MR) is 81.6 cm³/mol. The Bertz CT molecular complexity index is 569. The summed E-state index contributed by atoms with van der Waals surface area (Å²) in [6.07, 6.45) is 7.24. The predicted octanol–water partition coefficient (Wildman–Crippen LogP) is 3.50.